The predicted molar refractivity (Wildman–Crippen MR) is 90.4 cm³/mol. The van der Waals surface area contributed by atoms with Gasteiger partial charge in [0.15, 0.2) is 11.3 Å². The fraction of sp³-hybridized carbons (Fsp3) is 0.235. The number of imidazole rings is 1. The van der Waals surface area contributed by atoms with E-state index in [1.165, 1.54) is 22.8 Å². The van der Waals surface area contributed by atoms with E-state index in [9.17, 15) is 13.6 Å². The molecule has 1 unspecified atom stereocenters. The van der Waals surface area contributed by atoms with Crippen LogP contribution in [0, 0.1) is 5.82 Å². The average Bonchev–Trinajstić information content (AvgIpc) is 3.28. The first-order valence-electron chi connectivity index (χ1n) is 7.97. The smallest absolute Gasteiger partial charge is 0.294 e. The lowest BCUT2D eigenvalue weighted by Gasteiger charge is -2.16. The molecule has 7 nitrogen and oxygen atoms in total. The van der Waals surface area contributed by atoms with Crippen LogP contribution in [0.15, 0.2) is 48.7 Å². The van der Waals surface area contributed by atoms with E-state index in [2.05, 4.69) is 10.1 Å². The van der Waals surface area contributed by atoms with Gasteiger partial charge in [0.25, 0.3) is 5.91 Å². The predicted octanol–water partition coefficient (Wildman–Crippen LogP) is 2.22. The molecular weight excluding hydrogens is 344 g/mol. The van der Waals surface area contributed by atoms with E-state index in [4.69, 9.17) is 5.21 Å². The lowest BCUT2D eigenvalue weighted by molar-refractivity contribution is 0.0698. The lowest BCUT2D eigenvalue weighted by Crippen LogP contribution is -2.24. The van der Waals surface area contributed by atoms with Crippen LogP contribution in [-0.2, 0) is 0 Å². The van der Waals surface area contributed by atoms with Crippen LogP contribution in [0.2, 0.25) is 0 Å². The molecule has 1 fully saturated rings. The molecule has 1 saturated heterocycles. The van der Waals surface area contributed by atoms with Gasteiger partial charge >= 0.3 is 0 Å². The van der Waals surface area contributed by atoms with Gasteiger partial charge in [0.1, 0.15) is 17.8 Å². The summed E-state index contributed by atoms with van der Waals surface area (Å²) in [4.78, 5) is 17.3. The first-order chi connectivity index (χ1) is 12.6. The minimum Gasteiger partial charge on any atom is -0.352 e. The van der Waals surface area contributed by atoms with Gasteiger partial charge in [-0.05, 0) is 30.7 Å². The molecule has 1 aromatic carbocycles. The maximum absolute atomic E-state index is 13.2. The molecule has 0 saturated carbocycles. The number of fused-ring (bicyclic) bond motifs is 1. The van der Waals surface area contributed by atoms with Gasteiger partial charge in [-0.2, -0.15) is 0 Å². The van der Waals surface area contributed by atoms with Crippen molar-refractivity contribution in [1.82, 2.24) is 20.1 Å². The summed E-state index contributed by atoms with van der Waals surface area (Å²) >= 11 is 0. The van der Waals surface area contributed by atoms with Crippen LogP contribution in [0.5, 0.6) is 0 Å². The molecule has 1 atom stereocenters. The molecular formula is C17H17F2N5O2. The van der Waals surface area contributed by atoms with Crippen molar-refractivity contribution in [3.8, 4) is 0 Å². The Labute approximate surface area is 147 Å². The average molecular weight is 361 g/mol. The van der Waals surface area contributed by atoms with Crippen LogP contribution in [0.4, 0.5) is 14.6 Å². The van der Waals surface area contributed by atoms with Crippen molar-refractivity contribution in [3.05, 3.63) is 60.2 Å². The monoisotopic (exact) mass is 361 g/mol. The number of benzene rings is 1. The SMILES string of the molecule is Fc1ccccc1.O=C(NO)c1cnc2ccc(N3CCC(F)C3)nn12. The molecule has 1 amide bonds. The summed E-state index contributed by atoms with van der Waals surface area (Å²) in [5.74, 6) is -0.290. The number of aromatic nitrogens is 3. The number of amides is 1. The zero-order valence-corrected chi connectivity index (χ0v) is 13.7. The summed E-state index contributed by atoms with van der Waals surface area (Å²) in [7, 11) is 0. The molecule has 26 heavy (non-hydrogen) atoms. The van der Waals surface area contributed by atoms with Crippen molar-refractivity contribution in [2.75, 3.05) is 18.0 Å². The fourth-order valence-electron chi connectivity index (χ4n) is 2.58. The molecule has 3 aromatic rings. The van der Waals surface area contributed by atoms with Crippen molar-refractivity contribution >= 4 is 17.4 Å². The molecule has 0 bridgehead atoms. The number of rotatable bonds is 2. The Morgan fingerprint density at radius 3 is 2.58 bits per heavy atom. The zero-order chi connectivity index (χ0) is 18.5. The maximum Gasteiger partial charge on any atom is 0.294 e. The normalized spacial score (nSPS) is 16.3. The molecule has 0 radical (unpaired) electrons. The van der Waals surface area contributed by atoms with Gasteiger partial charge in [-0.15, -0.1) is 5.10 Å². The number of carbonyl (C=O) groups is 1. The Hall–Kier alpha value is -3.07. The third kappa shape index (κ3) is 3.94. The maximum atomic E-state index is 13.2. The molecule has 0 spiro atoms. The van der Waals surface area contributed by atoms with Gasteiger partial charge in [0.05, 0.1) is 12.7 Å². The summed E-state index contributed by atoms with van der Waals surface area (Å²) in [6.45, 7) is 0.893. The van der Waals surface area contributed by atoms with Crippen molar-refractivity contribution in [2.24, 2.45) is 0 Å². The second kappa shape index (κ2) is 7.87. The molecule has 1 aliphatic heterocycles. The number of carbonyl (C=O) groups excluding carboxylic acids is 1. The van der Waals surface area contributed by atoms with E-state index in [1.807, 2.05) is 4.90 Å². The number of hydrogen-bond acceptors (Lipinski definition) is 5. The van der Waals surface area contributed by atoms with Crippen LogP contribution in [-0.4, -0.2) is 45.0 Å². The number of hydrogen-bond donors (Lipinski definition) is 2. The van der Waals surface area contributed by atoms with Crippen molar-refractivity contribution in [2.45, 2.75) is 12.6 Å². The first kappa shape index (κ1) is 17.7. The Morgan fingerprint density at radius 1 is 1.23 bits per heavy atom. The van der Waals surface area contributed by atoms with Gasteiger partial charge in [0.2, 0.25) is 0 Å². The standard InChI is InChI=1S/C11H12FN5O2.C6H5F/c12-7-3-4-16(6-7)10-2-1-9-13-5-8(11(18)15-19)17(9)14-10;7-6-4-2-1-3-5-6/h1-2,5,7,19H,3-4,6H2,(H,15,18);1-5H. The highest BCUT2D eigenvalue weighted by molar-refractivity contribution is 5.92. The van der Waals surface area contributed by atoms with Gasteiger partial charge in [0, 0.05) is 6.54 Å². The van der Waals surface area contributed by atoms with Crippen LogP contribution in [0.25, 0.3) is 5.65 Å². The number of alkyl halides is 1. The van der Waals surface area contributed by atoms with E-state index >= 15 is 0 Å². The van der Waals surface area contributed by atoms with E-state index in [-0.39, 0.29) is 11.5 Å². The summed E-state index contributed by atoms with van der Waals surface area (Å²) in [6, 6.07) is 11.4. The zero-order valence-electron chi connectivity index (χ0n) is 13.7. The summed E-state index contributed by atoms with van der Waals surface area (Å²) in [5.41, 5.74) is 2.15. The van der Waals surface area contributed by atoms with Crippen LogP contribution >= 0.6 is 0 Å². The second-order valence-corrected chi connectivity index (χ2v) is 5.67. The summed E-state index contributed by atoms with van der Waals surface area (Å²) in [5, 5.41) is 12.9. The highest BCUT2D eigenvalue weighted by Gasteiger charge is 2.23. The molecule has 136 valence electrons. The Kier molecular flexibility index (Phi) is 5.37. The Bertz CT molecular complexity index is 887. The third-order valence-corrected chi connectivity index (χ3v) is 3.87. The second-order valence-electron chi connectivity index (χ2n) is 5.67. The van der Waals surface area contributed by atoms with Gasteiger partial charge in [-0.25, -0.2) is 23.8 Å². The quantitative estimate of drug-likeness (QED) is 0.540. The minimum absolute atomic E-state index is 0.121. The highest BCUT2D eigenvalue weighted by Crippen LogP contribution is 2.20. The van der Waals surface area contributed by atoms with Crippen molar-refractivity contribution < 1.29 is 18.8 Å². The van der Waals surface area contributed by atoms with Gasteiger partial charge < -0.3 is 4.90 Å². The molecule has 3 heterocycles. The Balaban J connectivity index is 0.000000236. The van der Waals surface area contributed by atoms with E-state index in [1.54, 1.807) is 35.8 Å². The topological polar surface area (TPSA) is 82.8 Å². The molecule has 0 aliphatic carbocycles. The molecule has 1 aliphatic rings. The number of nitrogens with zero attached hydrogens (tertiary/aromatic N) is 4. The van der Waals surface area contributed by atoms with Crippen LogP contribution in [0.3, 0.4) is 0 Å². The van der Waals surface area contributed by atoms with E-state index < -0.39 is 12.1 Å². The minimum atomic E-state index is -0.847. The van der Waals surface area contributed by atoms with Crippen LogP contribution < -0.4 is 10.4 Å². The summed E-state index contributed by atoms with van der Waals surface area (Å²) in [6.07, 6.45) is 0.952. The van der Waals surface area contributed by atoms with Crippen LogP contribution in [0.1, 0.15) is 16.9 Å². The van der Waals surface area contributed by atoms with Crippen molar-refractivity contribution in [1.29, 1.82) is 0 Å². The molecule has 4 rings (SSSR count). The van der Waals surface area contributed by atoms with E-state index in [0.29, 0.717) is 31.0 Å². The fourth-order valence-corrected chi connectivity index (χ4v) is 2.58. The number of anilines is 1. The third-order valence-electron chi connectivity index (χ3n) is 3.87. The molecule has 2 N–H and O–H groups in total. The van der Waals surface area contributed by atoms with Crippen molar-refractivity contribution in [3.63, 3.8) is 0 Å². The van der Waals surface area contributed by atoms with Gasteiger partial charge in [-0.3, -0.25) is 10.0 Å². The number of nitrogens with one attached hydrogen (secondary N) is 1. The first-order valence-corrected chi connectivity index (χ1v) is 7.97. The molecule has 2 aromatic heterocycles. The highest BCUT2D eigenvalue weighted by atomic mass is 19.1. The lowest BCUT2D eigenvalue weighted by atomic mass is 10.3. The molecule has 9 heteroatoms. The largest absolute Gasteiger partial charge is 0.352 e. The summed E-state index contributed by atoms with van der Waals surface area (Å²) < 4.78 is 26.4. The number of halogens is 2. The van der Waals surface area contributed by atoms with E-state index in [0.717, 1.165) is 0 Å². The Morgan fingerprint density at radius 2 is 2.00 bits per heavy atom. The number of hydroxylamine groups is 1. The van der Waals surface area contributed by atoms with Gasteiger partial charge in [-0.1, -0.05) is 18.2 Å².